The molecule has 7 nitrogen and oxygen atoms in total. The van der Waals surface area contributed by atoms with Gasteiger partial charge in [0.2, 0.25) is 0 Å². The lowest BCUT2D eigenvalue weighted by atomic mass is 9.83. The lowest BCUT2D eigenvalue weighted by Crippen LogP contribution is -2.41. The number of aromatic nitrogens is 4. The second kappa shape index (κ2) is 9.11. The zero-order valence-electron chi connectivity index (χ0n) is 21.2. The summed E-state index contributed by atoms with van der Waals surface area (Å²) in [6, 6.07) is 9.14. The van der Waals surface area contributed by atoms with Gasteiger partial charge in [-0.15, -0.1) is 0 Å². The molecule has 3 heterocycles. The number of aromatic hydroxyl groups is 1. The van der Waals surface area contributed by atoms with Crippen molar-refractivity contribution in [3.8, 4) is 28.4 Å². The standard InChI is InChI=1S/C29H32FN5O2/c1-3-17-14-20(36)4-5-21(17)22-6-7-23-26(25(22)30)33-34-27(23)28-31-15-24(32-28)18-10-13-35(16-18)19-8-11-29(2,37)12-9-19/h4-7,10,14-15,19,36-37H,3,8-9,11-13,16H2,1-2H3,(H,31,32)(H,33,34). The molecule has 2 aromatic heterocycles. The summed E-state index contributed by atoms with van der Waals surface area (Å²) in [4.78, 5) is 10.5. The Morgan fingerprint density at radius 3 is 2.73 bits per heavy atom. The Bertz CT molecular complexity index is 1490. The maximum atomic E-state index is 15.6. The summed E-state index contributed by atoms with van der Waals surface area (Å²) in [5, 5.41) is 28.0. The molecule has 2 aromatic carbocycles. The Kier molecular flexibility index (Phi) is 5.88. The van der Waals surface area contributed by atoms with Gasteiger partial charge in [0.05, 0.1) is 17.5 Å². The predicted molar refractivity (Wildman–Crippen MR) is 143 cm³/mol. The van der Waals surface area contributed by atoms with Crippen molar-refractivity contribution in [1.82, 2.24) is 25.1 Å². The number of phenols is 1. The Hall–Kier alpha value is -3.49. The molecular weight excluding hydrogens is 469 g/mol. The molecule has 0 saturated heterocycles. The van der Waals surface area contributed by atoms with Crippen LogP contribution >= 0.6 is 0 Å². The van der Waals surface area contributed by atoms with Crippen LogP contribution < -0.4 is 0 Å². The predicted octanol–water partition coefficient (Wildman–Crippen LogP) is 5.42. The van der Waals surface area contributed by atoms with Crippen molar-refractivity contribution in [2.75, 3.05) is 13.1 Å². The van der Waals surface area contributed by atoms with Crippen molar-refractivity contribution in [3.05, 3.63) is 59.7 Å². The number of imidazole rings is 1. The Morgan fingerprint density at radius 1 is 1.16 bits per heavy atom. The van der Waals surface area contributed by atoms with Crippen LogP contribution in [0.3, 0.4) is 0 Å². The molecule has 1 fully saturated rings. The van der Waals surface area contributed by atoms with Crippen LogP contribution in [0, 0.1) is 5.82 Å². The fraction of sp³-hybridized carbons (Fsp3) is 0.379. The lowest BCUT2D eigenvalue weighted by Gasteiger charge is -2.37. The minimum atomic E-state index is -0.528. The number of aliphatic hydroxyl groups is 1. The Balaban J connectivity index is 1.24. The van der Waals surface area contributed by atoms with Gasteiger partial charge in [0.15, 0.2) is 11.6 Å². The summed E-state index contributed by atoms with van der Waals surface area (Å²) in [5.74, 6) is 0.398. The molecule has 192 valence electrons. The van der Waals surface area contributed by atoms with Crippen LogP contribution in [0.1, 0.15) is 50.8 Å². The van der Waals surface area contributed by atoms with E-state index in [9.17, 15) is 10.2 Å². The monoisotopic (exact) mass is 501 g/mol. The van der Waals surface area contributed by atoms with Gasteiger partial charge < -0.3 is 15.2 Å². The van der Waals surface area contributed by atoms with Crippen molar-refractivity contribution >= 4 is 16.5 Å². The average molecular weight is 502 g/mol. The molecule has 0 bridgehead atoms. The highest BCUT2D eigenvalue weighted by Gasteiger charge is 2.33. The second-order valence-electron chi connectivity index (χ2n) is 10.6. The number of nitrogens with one attached hydrogen (secondary N) is 2. The van der Waals surface area contributed by atoms with Crippen LogP contribution in [0.15, 0.2) is 42.6 Å². The first-order valence-corrected chi connectivity index (χ1v) is 13.0. The summed E-state index contributed by atoms with van der Waals surface area (Å²) >= 11 is 0. The SMILES string of the molecule is CCc1cc(O)ccc1-c1ccc2c(-c3ncc(C4=CCN(C5CCC(C)(O)CC5)C4)[nH]3)[nH]nc2c1F. The first kappa shape index (κ1) is 23.9. The van der Waals surface area contributed by atoms with Crippen molar-refractivity contribution in [2.24, 2.45) is 0 Å². The Morgan fingerprint density at radius 2 is 1.95 bits per heavy atom. The number of benzene rings is 2. The van der Waals surface area contributed by atoms with Gasteiger partial charge in [-0.25, -0.2) is 9.37 Å². The van der Waals surface area contributed by atoms with E-state index in [4.69, 9.17) is 0 Å². The maximum Gasteiger partial charge on any atom is 0.159 e. The van der Waals surface area contributed by atoms with Crippen LogP contribution in [-0.2, 0) is 6.42 Å². The number of rotatable bonds is 5. The molecule has 37 heavy (non-hydrogen) atoms. The molecule has 6 rings (SSSR count). The summed E-state index contributed by atoms with van der Waals surface area (Å²) < 4.78 is 15.6. The summed E-state index contributed by atoms with van der Waals surface area (Å²) in [7, 11) is 0. The van der Waals surface area contributed by atoms with Crippen LogP contribution in [0.2, 0.25) is 0 Å². The minimum absolute atomic E-state index is 0.171. The van der Waals surface area contributed by atoms with E-state index in [2.05, 4.69) is 31.1 Å². The van der Waals surface area contributed by atoms with Crippen LogP contribution in [0.25, 0.3) is 39.1 Å². The molecule has 4 aromatic rings. The third kappa shape index (κ3) is 4.34. The summed E-state index contributed by atoms with van der Waals surface area (Å²) in [5.41, 5.74) is 4.64. The van der Waals surface area contributed by atoms with Crippen molar-refractivity contribution in [3.63, 3.8) is 0 Å². The quantitative estimate of drug-likeness (QED) is 0.293. The lowest BCUT2D eigenvalue weighted by molar-refractivity contribution is -0.000670. The number of hydrogen-bond acceptors (Lipinski definition) is 5. The van der Waals surface area contributed by atoms with Gasteiger partial charge in [0.25, 0.3) is 0 Å². The molecule has 1 aliphatic carbocycles. The third-order valence-electron chi connectivity index (χ3n) is 8.08. The van der Waals surface area contributed by atoms with E-state index in [0.29, 0.717) is 34.9 Å². The first-order chi connectivity index (χ1) is 17.8. The van der Waals surface area contributed by atoms with E-state index in [1.165, 1.54) is 5.57 Å². The number of fused-ring (bicyclic) bond motifs is 1. The number of phenolic OH excluding ortho intramolecular Hbond substituents is 1. The number of hydrogen-bond donors (Lipinski definition) is 4. The molecule has 4 N–H and O–H groups in total. The molecule has 2 aliphatic rings. The average Bonchev–Trinajstić information content (AvgIpc) is 3.64. The van der Waals surface area contributed by atoms with E-state index in [0.717, 1.165) is 55.6 Å². The van der Waals surface area contributed by atoms with Crippen LogP contribution in [0.5, 0.6) is 5.75 Å². The number of H-pyrrole nitrogens is 2. The molecule has 8 heteroatoms. The summed E-state index contributed by atoms with van der Waals surface area (Å²) in [6.07, 6.45) is 8.46. The minimum Gasteiger partial charge on any atom is -0.508 e. The van der Waals surface area contributed by atoms with E-state index in [1.807, 2.05) is 26.1 Å². The molecule has 0 atom stereocenters. The van der Waals surface area contributed by atoms with Crippen molar-refractivity contribution < 1.29 is 14.6 Å². The fourth-order valence-electron chi connectivity index (χ4n) is 5.82. The van der Waals surface area contributed by atoms with E-state index in [-0.39, 0.29) is 11.3 Å². The molecule has 0 spiro atoms. The second-order valence-corrected chi connectivity index (χ2v) is 10.6. The van der Waals surface area contributed by atoms with Gasteiger partial charge >= 0.3 is 0 Å². The summed E-state index contributed by atoms with van der Waals surface area (Å²) in [6.45, 7) is 5.66. The fourth-order valence-corrected chi connectivity index (χ4v) is 5.82. The molecule has 1 saturated carbocycles. The van der Waals surface area contributed by atoms with Crippen LogP contribution in [0.4, 0.5) is 4.39 Å². The van der Waals surface area contributed by atoms with Gasteiger partial charge in [-0.05, 0) is 73.9 Å². The highest BCUT2D eigenvalue weighted by atomic mass is 19.1. The molecular formula is C29H32FN5O2. The zero-order valence-corrected chi connectivity index (χ0v) is 21.2. The van der Waals surface area contributed by atoms with Gasteiger partial charge in [-0.2, -0.15) is 5.10 Å². The van der Waals surface area contributed by atoms with Gasteiger partial charge in [0.1, 0.15) is 17.0 Å². The van der Waals surface area contributed by atoms with Gasteiger partial charge in [-0.3, -0.25) is 10.00 Å². The molecule has 0 amide bonds. The smallest absolute Gasteiger partial charge is 0.159 e. The van der Waals surface area contributed by atoms with Gasteiger partial charge in [0, 0.05) is 30.1 Å². The van der Waals surface area contributed by atoms with E-state index < -0.39 is 11.4 Å². The maximum absolute atomic E-state index is 15.6. The van der Waals surface area contributed by atoms with Crippen molar-refractivity contribution in [2.45, 2.75) is 57.6 Å². The van der Waals surface area contributed by atoms with Crippen LogP contribution in [-0.4, -0.2) is 60.0 Å². The molecule has 0 unspecified atom stereocenters. The zero-order chi connectivity index (χ0) is 25.7. The largest absolute Gasteiger partial charge is 0.508 e. The van der Waals surface area contributed by atoms with E-state index >= 15 is 4.39 Å². The third-order valence-corrected chi connectivity index (χ3v) is 8.08. The normalized spacial score (nSPS) is 22.6. The number of halogens is 1. The number of nitrogens with zero attached hydrogens (tertiary/aromatic N) is 3. The molecule has 0 radical (unpaired) electrons. The Labute approximate surface area is 215 Å². The topological polar surface area (TPSA) is 101 Å². The highest BCUT2D eigenvalue weighted by Crippen LogP contribution is 2.36. The number of aryl methyl sites for hydroxylation is 1. The first-order valence-electron chi connectivity index (χ1n) is 13.0. The van der Waals surface area contributed by atoms with Gasteiger partial charge in [-0.1, -0.05) is 25.1 Å². The molecule has 1 aliphatic heterocycles. The number of aromatic amines is 2. The van der Waals surface area contributed by atoms with Crippen molar-refractivity contribution in [1.29, 1.82) is 0 Å². The highest BCUT2D eigenvalue weighted by molar-refractivity contribution is 5.95. The van der Waals surface area contributed by atoms with E-state index in [1.54, 1.807) is 24.3 Å².